The van der Waals surface area contributed by atoms with Crippen LogP contribution in [0.1, 0.15) is 46.0 Å². The third-order valence-electron chi connectivity index (χ3n) is 3.69. The van der Waals surface area contributed by atoms with Crippen LogP contribution in [0, 0.1) is 11.8 Å². The SMILES string of the molecule is [Li][CH]1C(CC)CCCC1CC. The monoisotopic (exact) mass is 146 g/mol. The van der Waals surface area contributed by atoms with Crippen LogP contribution < -0.4 is 0 Å². The number of hydrogen-bond donors (Lipinski definition) is 0. The molecule has 2 unspecified atom stereocenters. The van der Waals surface area contributed by atoms with Crippen molar-refractivity contribution in [1.29, 1.82) is 0 Å². The predicted molar refractivity (Wildman–Crippen MR) is 50.9 cm³/mol. The molecular weight excluding hydrogens is 127 g/mol. The van der Waals surface area contributed by atoms with Crippen LogP contribution >= 0.6 is 0 Å². The van der Waals surface area contributed by atoms with Gasteiger partial charge in [0.05, 0.1) is 0 Å². The van der Waals surface area contributed by atoms with Crippen LogP contribution in [0.3, 0.4) is 0 Å². The summed E-state index contributed by atoms with van der Waals surface area (Å²) in [6, 6.07) is 0. The molecule has 0 aromatic heterocycles. The molecule has 60 valence electrons. The Bertz CT molecular complexity index is 99.4. The van der Waals surface area contributed by atoms with E-state index in [-0.39, 0.29) is 0 Å². The molecule has 0 aromatic rings. The summed E-state index contributed by atoms with van der Waals surface area (Å²) >= 11 is 2.46. The van der Waals surface area contributed by atoms with Crippen LogP contribution in [0.15, 0.2) is 0 Å². The zero-order valence-electron chi connectivity index (χ0n) is 8.27. The van der Waals surface area contributed by atoms with Crippen molar-refractivity contribution in [3.8, 4) is 0 Å². The van der Waals surface area contributed by atoms with E-state index in [4.69, 9.17) is 0 Å². The molecule has 0 amide bonds. The normalized spacial score (nSPS) is 39.1. The van der Waals surface area contributed by atoms with E-state index in [0.717, 1.165) is 16.4 Å². The summed E-state index contributed by atoms with van der Waals surface area (Å²) in [5, 5.41) is 0. The second-order valence-electron chi connectivity index (χ2n) is 4.13. The van der Waals surface area contributed by atoms with Crippen LogP contribution in [0.5, 0.6) is 0 Å². The summed E-state index contributed by atoms with van der Waals surface area (Å²) in [5.41, 5.74) is 0. The Labute approximate surface area is 80.3 Å². The standard InChI is InChI=1S/C10H19.Li/c1-3-9-6-5-7-10(4-2)8-9;/h8-10H,3-7H2,1-2H3;. The van der Waals surface area contributed by atoms with Crippen molar-refractivity contribution in [2.45, 2.75) is 50.5 Å². The van der Waals surface area contributed by atoms with Gasteiger partial charge in [-0.25, -0.2) is 0 Å². The van der Waals surface area contributed by atoms with Crippen molar-refractivity contribution in [3.05, 3.63) is 0 Å². The molecule has 0 N–H and O–H groups in total. The van der Waals surface area contributed by atoms with Crippen LogP contribution in [0.25, 0.3) is 0 Å². The molecule has 0 radical (unpaired) electrons. The Balaban J connectivity index is 2.45. The van der Waals surface area contributed by atoms with Gasteiger partial charge in [0.2, 0.25) is 0 Å². The van der Waals surface area contributed by atoms with Crippen molar-refractivity contribution < 1.29 is 0 Å². The first-order chi connectivity index (χ1) is 5.29. The molecule has 0 aliphatic heterocycles. The Kier molecular flexibility index (Phi) is 4.03. The molecule has 1 heteroatoms. The van der Waals surface area contributed by atoms with E-state index in [2.05, 4.69) is 31.6 Å². The van der Waals surface area contributed by atoms with Crippen LogP contribution in [0.4, 0.5) is 0 Å². The minimum atomic E-state index is 0.999. The van der Waals surface area contributed by atoms with Crippen LogP contribution in [-0.2, 0) is 0 Å². The quantitative estimate of drug-likeness (QED) is 0.525. The maximum atomic E-state index is 2.46. The zero-order valence-corrected chi connectivity index (χ0v) is 8.27. The topological polar surface area (TPSA) is 0 Å². The molecule has 0 nitrogen and oxygen atoms in total. The molecule has 0 bridgehead atoms. The molecule has 1 fully saturated rings. The van der Waals surface area contributed by atoms with Gasteiger partial charge < -0.3 is 0 Å². The van der Waals surface area contributed by atoms with Crippen LogP contribution in [0.2, 0.25) is 4.59 Å². The first kappa shape index (κ1) is 9.68. The molecule has 0 spiro atoms. The summed E-state index contributed by atoms with van der Waals surface area (Å²) in [7, 11) is 0. The predicted octanol–water partition coefficient (Wildman–Crippen LogP) is 3.18. The Morgan fingerprint density at radius 2 is 1.55 bits per heavy atom. The Hall–Kier alpha value is 0.597. The average Bonchev–Trinajstić information content (AvgIpc) is 2.05. The van der Waals surface area contributed by atoms with Crippen molar-refractivity contribution >= 4 is 17.7 Å². The second-order valence-corrected chi connectivity index (χ2v) is 4.13. The fourth-order valence-corrected chi connectivity index (χ4v) is 2.70. The van der Waals surface area contributed by atoms with Gasteiger partial charge in [-0.1, -0.05) is 0 Å². The molecule has 1 rings (SSSR count). The van der Waals surface area contributed by atoms with Crippen molar-refractivity contribution in [3.63, 3.8) is 0 Å². The maximum absolute atomic E-state index is 2.46. The molecule has 0 heterocycles. The summed E-state index contributed by atoms with van der Waals surface area (Å²) in [6.07, 6.45) is 7.28. The van der Waals surface area contributed by atoms with Gasteiger partial charge in [-0.05, 0) is 0 Å². The summed E-state index contributed by atoms with van der Waals surface area (Å²) < 4.78 is 0.999. The Morgan fingerprint density at radius 3 is 1.91 bits per heavy atom. The second kappa shape index (κ2) is 4.58. The third-order valence-corrected chi connectivity index (χ3v) is 3.69. The van der Waals surface area contributed by atoms with Gasteiger partial charge >= 0.3 is 80.1 Å². The van der Waals surface area contributed by atoms with Gasteiger partial charge in [-0.3, -0.25) is 0 Å². The molecular formula is C10H19Li. The van der Waals surface area contributed by atoms with E-state index in [1.54, 1.807) is 0 Å². The number of rotatable bonds is 2. The summed E-state index contributed by atoms with van der Waals surface area (Å²) in [5.74, 6) is 2.07. The van der Waals surface area contributed by atoms with Crippen molar-refractivity contribution in [2.24, 2.45) is 11.8 Å². The first-order valence-corrected chi connectivity index (χ1v) is 5.29. The third kappa shape index (κ3) is 2.26. The van der Waals surface area contributed by atoms with E-state index in [1.807, 2.05) is 0 Å². The van der Waals surface area contributed by atoms with Crippen molar-refractivity contribution in [1.82, 2.24) is 0 Å². The average molecular weight is 146 g/mol. The molecule has 11 heavy (non-hydrogen) atoms. The molecule has 0 saturated heterocycles. The molecule has 1 aliphatic rings. The summed E-state index contributed by atoms with van der Waals surface area (Å²) in [6.45, 7) is 4.69. The van der Waals surface area contributed by atoms with E-state index in [1.165, 1.54) is 32.1 Å². The van der Waals surface area contributed by atoms with Crippen molar-refractivity contribution in [2.75, 3.05) is 0 Å². The first-order valence-electron chi connectivity index (χ1n) is 5.29. The van der Waals surface area contributed by atoms with Gasteiger partial charge in [0.1, 0.15) is 0 Å². The van der Waals surface area contributed by atoms with Gasteiger partial charge in [-0.15, -0.1) is 0 Å². The Morgan fingerprint density at radius 1 is 1.09 bits per heavy atom. The molecule has 1 saturated carbocycles. The molecule has 0 aromatic carbocycles. The van der Waals surface area contributed by atoms with E-state index < -0.39 is 0 Å². The van der Waals surface area contributed by atoms with E-state index in [9.17, 15) is 0 Å². The minimum absolute atomic E-state index is 0.999. The summed E-state index contributed by atoms with van der Waals surface area (Å²) in [4.78, 5) is 0. The molecule has 1 aliphatic carbocycles. The fraction of sp³-hybridized carbons (Fsp3) is 1.00. The van der Waals surface area contributed by atoms with Gasteiger partial charge in [0, 0.05) is 0 Å². The zero-order chi connectivity index (χ0) is 8.27. The van der Waals surface area contributed by atoms with Gasteiger partial charge in [0.15, 0.2) is 0 Å². The van der Waals surface area contributed by atoms with Gasteiger partial charge in [0.25, 0.3) is 0 Å². The fourth-order valence-electron chi connectivity index (χ4n) is 2.70. The number of hydrogen-bond acceptors (Lipinski definition) is 0. The van der Waals surface area contributed by atoms with E-state index >= 15 is 0 Å². The molecule has 2 atom stereocenters. The van der Waals surface area contributed by atoms with E-state index in [0.29, 0.717) is 0 Å². The van der Waals surface area contributed by atoms with Gasteiger partial charge in [-0.2, -0.15) is 0 Å². The van der Waals surface area contributed by atoms with Crippen LogP contribution in [-0.4, -0.2) is 17.7 Å².